The van der Waals surface area contributed by atoms with Crippen LogP contribution >= 0.6 is 15.9 Å². The van der Waals surface area contributed by atoms with Crippen LogP contribution in [-0.2, 0) is 0 Å². The van der Waals surface area contributed by atoms with E-state index in [4.69, 9.17) is 0 Å². The molecule has 0 aliphatic rings. The zero-order valence-corrected chi connectivity index (χ0v) is 10.9. The Hall–Kier alpha value is -1.67. The minimum atomic E-state index is 0.943. The first-order valence-electron chi connectivity index (χ1n) is 5.26. The summed E-state index contributed by atoms with van der Waals surface area (Å²) in [5.74, 6) is 0. The van der Waals surface area contributed by atoms with Gasteiger partial charge >= 0.3 is 0 Å². The molecule has 2 aromatic rings. The third kappa shape index (κ3) is 2.22. The van der Waals surface area contributed by atoms with Gasteiger partial charge in [-0.3, -0.25) is 4.98 Å². The van der Waals surface area contributed by atoms with Gasteiger partial charge in [-0.15, -0.1) is 0 Å². The van der Waals surface area contributed by atoms with E-state index in [-0.39, 0.29) is 0 Å². The molecule has 0 saturated carbocycles. The highest BCUT2D eigenvalue weighted by Gasteiger charge is 2.09. The van der Waals surface area contributed by atoms with Crippen LogP contribution in [0.5, 0.6) is 0 Å². The lowest BCUT2D eigenvalue weighted by molar-refractivity contribution is 1.32. The molecular formula is C15H12BrN. The lowest BCUT2D eigenvalue weighted by Crippen LogP contribution is -1.90. The predicted molar refractivity (Wildman–Crippen MR) is 77.6 cm³/mol. The van der Waals surface area contributed by atoms with Gasteiger partial charge in [-0.25, -0.2) is 0 Å². The van der Waals surface area contributed by atoms with E-state index in [0.717, 1.165) is 26.9 Å². The van der Waals surface area contributed by atoms with E-state index in [1.165, 1.54) is 0 Å². The van der Waals surface area contributed by atoms with Crippen LogP contribution in [0.1, 0.15) is 11.1 Å². The number of aromatic nitrogens is 1. The Kier molecular flexibility index (Phi) is 3.55. The largest absolute Gasteiger partial charge is 0.256 e. The molecule has 17 heavy (non-hydrogen) atoms. The first kappa shape index (κ1) is 11.8. The number of halogens is 1. The van der Waals surface area contributed by atoms with Crippen molar-refractivity contribution in [3.63, 3.8) is 0 Å². The Balaban J connectivity index is 2.71. The molecule has 0 fully saturated rings. The van der Waals surface area contributed by atoms with Gasteiger partial charge in [-0.05, 0) is 29.3 Å². The second-order valence-corrected chi connectivity index (χ2v) is 4.40. The zero-order chi connectivity index (χ0) is 12.3. The molecule has 0 amide bonds. The highest BCUT2D eigenvalue weighted by atomic mass is 79.9. The second-order valence-electron chi connectivity index (χ2n) is 3.55. The molecule has 2 rings (SSSR count). The van der Waals surface area contributed by atoms with Gasteiger partial charge in [0.15, 0.2) is 0 Å². The van der Waals surface area contributed by atoms with E-state index in [1.807, 2.05) is 42.5 Å². The lowest BCUT2D eigenvalue weighted by Gasteiger charge is -2.10. The minimum Gasteiger partial charge on any atom is -0.256 e. The SMILES string of the molecule is C=Cc1c(Br)ccc(-c2ccccn2)c1C=C. The Labute approximate surface area is 110 Å². The molecule has 0 bridgehead atoms. The third-order valence-corrected chi connectivity index (χ3v) is 3.27. The van der Waals surface area contributed by atoms with Crippen molar-refractivity contribution < 1.29 is 0 Å². The van der Waals surface area contributed by atoms with E-state index >= 15 is 0 Å². The molecule has 0 spiro atoms. The Bertz CT molecular complexity index is 559. The van der Waals surface area contributed by atoms with Crippen molar-refractivity contribution in [1.82, 2.24) is 4.98 Å². The maximum absolute atomic E-state index is 4.37. The molecule has 2 heteroatoms. The number of benzene rings is 1. The molecule has 0 N–H and O–H groups in total. The Morgan fingerprint density at radius 2 is 1.76 bits per heavy atom. The summed E-state index contributed by atoms with van der Waals surface area (Å²) in [4.78, 5) is 4.37. The van der Waals surface area contributed by atoms with Gasteiger partial charge in [0.2, 0.25) is 0 Å². The summed E-state index contributed by atoms with van der Waals surface area (Å²) in [5.41, 5.74) is 4.10. The molecule has 0 saturated heterocycles. The number of hydrogen-bond donors (Lipinski definition) is 0. The summed E-state index contributed by atoms with van der Waals surface area (Å²) in [7, 11) is 0. The fraction of sp³-hybridized carbons (Fsp3) is 0. The van der Waals surface area contributed by atoms with E-state index in [0.29, 0.717) is 0 Å². The van der Waals surface area contributed by atoms with Crippen molar-refractivity contribution >= 4 is 28.1 Å². The molecule has 1 aromatic carbocycles. The van der Waals surface area contributed by atoms with Crippen molar-refractivity contribution in [3.05, 3.63) is 65.3 Å². The van der Waals surface area contributed by atoms with Crippen LogP contribution in [0.2, 0.25) is 0 Å². The molecule has 84 valence electrons. The van der Waals surface area contributed by atoms with Gasteiger partial charge in [0, 0.05) is 16.2 Å². The fourth-order valence-corrected chi connectivity index (χ4v) is 2.29. The Morgan fingerprint density at radius 3 is 2.35 bits per heavy atom. The molecule has 1 nitrogen and oxygen atoms in total. The fourth-order valence-electron chi connectivity index (χ4n) is 1.78. The summed E-state index contributed by atoms with van der Waals surface area (Å²) in [5, 5.41) is 0. The smallest absolute Gasteiger partial charge is 0.0708 e. The first-order valence-corrected chi connectivity index (χ1v) is 6.06. The van der Waals surface area contributed by atoms with Crippen molar-refractivity contribution in [2.24, 2.45) is 0 Å². The second kappa shape index (κ2) is 5.11. The maximum atomic E-state index is 4.37. The van der Waals surface area contributed by atoms with Gasteiger partial charge in [-0.2, -0.15) is 0 Å². The van der Waals surface area contributed by atoms with Crippen molar-refractivity contribution in [1.29, 1.82) is 0 Å². The van der Waals surface area contributed by atoms with E-state index < -0.39 is 0 Å². The third-order valence-electron chi connectivity index (χ3n) is 2.58. The van der Waals surface area contributed by atoms with E-state index in [9.17, 15) is 0 Å². The van der Waals surface area contributed by atoms with Gasteiger partial charge in [0.05, 0.1) is 5.69 Å². The van der Waals surface area contributed by atoms with Crippen LogP contribution in [0.25, 0.3) is 23.4 Å². The van der Waals surface area contributed by atoms with Crippen LogP contribution in [0.4, 0.5) is 0 Å². The highest BCUT2D eigenvalue weighted by molar-refractivity contribution is 9.10. The first-order chi connectivity index (χ1) is 8.27. The molecule has 0 aliphatic carbocycles. The van der Waals surface area contributed by atoms with Crippen LogP contribution in [0.3, 0.4) is 0 Å². The van der Waals surface area contributed by atoms with Gasteiger partial charge in [-0.1, -0.05) is 53.4 Å². The minimum absolute atomic E-state index is 0.943. The van der Waals surface area contributed by atoms with Gasteiger partial charge in [0.25, 0.3) is 0 Å². The molecule has 0 atom stereocenters. The Morgan fingerprint density at radius 1 is 1.00 bits per heavy atom. The molecule has 0 radical (unpaired) electrons. The summed E-state index contributed by atoms with van der Waals surface area (Å²) in [6.45, 7) is 7.71. The van der Waals surface area contributed by atoms with Crippen LogP contribution < -0.4 is 0 Å². The summed E-state index contributed by atoms with van der Waals surface area (Å²) in [6, 6.07) is 9.92. The lowest BCUT2D eigenvalue weighted by atomic mass is 9.98. The zero-order valence-electron chi connectivity index (χ0n) is 9.36. The van der Waals surface area contributed by atoms with Crippen LogP contribution in [0, 0.1) is 0 Å². The summed E-state index contributed by atoms with van der Waals surface area (Å²) >= 11 is 3.52. The normalized spacial score (nSPS) is 9.94. The van der Waals surface area contributed by atoms with Gasteiger partial charge < -0.3 is 0 Å². The molecule has 1 heterocycles. The maximum Gasteiger partial charge on any atom is 0.0708 e. The van der Waals surface area contributed by atoms with Crippen LogP contribution in [0.15, 0.2) is 54.2 Å². The van der Waals surface area contributed by atoms with Crippen molar-refractivity contribution in [2.45, 2.75) is 0 Å². The highest BCUT2D eigenvalue weighted by Crippen LogP contribution is 2.31. The van der Waals surface area contributed by atoms with E-state index in [2.05, 4.69) is 34.1 Å². The number of nitrogens with zero attached hydrogens (tertiary/aromatic N) is 1. The van der Waals surface area contributed by atoms with E-state index in [1.54, 1.807) is 6.20 Å². The van der Waals surface area contributed by atoms with Gasteiger partial charge in [0.1, 0.15) is 0 Å². The number of hydrogen-bond acceptors (Lipinski definition) is 1. The predicted octanol–water partition coefficient (Wildman–Crippen LogP) is 4.80. The number of rotatable bonds is 3. The molecule has 0 unspecified atom stereocenters. The van der Waals surface area contributed by atoms with Crippen molar-refractivity contribution in [3.8, 4) is 11.3 Å². The monoisotopic (exact) mass is 285 g/mol. The quantitative estimate of drug-likeness (QED) is 0.790. The number of pyridine rings is 1. The topological polar surface area (TPSA) is 12.9 Å². The standard InChI is InChI=1S/C15H12BrN/c1-3-11-12(4-2)14(16)9-8-13(11)15-7-5-6-10-17-15/h3-10H,1-2H2. The summed E-state index contributed by atoms with van der Waals surface area (Å²) < 4.78 is 1.02. The molecular weight excluding hydrogens is 274 g/mol. The molecule has 1 aromatic heterocycles. The molecule has 0 aliphatic heterocycles. The van der Waals surface area contributed by atoms with Crippen molar-refractivity contribution in [2.75, 3.05) is 0 Å². The summed E-state index contributed by atoms with van der Waals surface area (Å²) in [6.07, 6.45) is 5.46. The van der Waals surface area contributed by atoms with Crippen LogP contribution in [-0.4, -0.2) is 4.98 Å². The average Bonchev–Trinajstić information content (AvgIpc) is 2.39. The average molecular weight is 286 g/mol.